The van der Waals surface area contributed by atoms with Crippen LogP contribution in [0.5, 0.6) is 5.75 Å². The van der Waals surface area contributed by atoms with E-state index in [0.717, 1.165) is 24.4 Å². The first-order valence-corrected chi connectivity index (χ1v) is 8.26. The van der Waals surface area contributed by atoms with E-state index < -0.39 is 6.10 Å². The van der Waals surface area contributed by atoms with Crippen molar-refractivity contribution in [1.82, 2.24) is 15.5 Å². The van der Waals surface area contributed by atoms with E-state index in [1.165, 1.54) is 5.56 Å². The minimum absolute atomic E-state index is 0. The summed E-state index contributed by atoms with van der Waals surface area (Å²) in [6.45, 7) is 8.75. The van der Waals surface area contributed by atoms with Gasteiger partial charge in [0, 0.05) is 25.4 Å². The van der Waals surface area contributed by atoms with Crippen molar-refractivity contribution in [2.24, 2.45) is 0 Å². The Hall–Kier alpha value is -1.63. The molecular weight excluding hydrogens is 342 g/mol. The highest BCUT2D eigenvalue weighted by Crippen LogP contribution is 2.14. The quantitative estimate of drug-likeness (QED) is 0.744. The number of hydrogen-bond acceptors (Lipinski definition) is 6. The smallest absolute Gasteiger partial charge is 0.223 e. The fourth-order valence-corrected chi connectivity index (χ4v) is 2.13. The van der Waals surface area contributed by atoms with Gasteiger partial charge in [0.1, 0.15) is 18.5 Å². The molecule has 0 saturated heterocycles. The van der Waals surface area contributed by atoms with E-state index in [1.807, 2.05) is 24.3 Å². The fourth-order valence-electron chi connectivity index (χ4n) is 2.13. The number of benzene rings is 1. The van der Waals surface area contributed by atoms with Crippen LogP contribution in [-0.4, -0.2) is 40.0 Å². The molecule has 2 aromatic rings. The van der Waals surface area contributed by atoms with E-state index in [1.54, 1.807) is 6.92 Å². The second kappa shape index (κ2) is 9.75. The number of nitrogens with one attached hydrogen (secondary N) is 1. The highest BCUT2D eigenvalue weighted by Gasteiger charge is 2.12. The summed E-state index contributed by atoms with van der Waals surface area (Å²) >= 11 is 0. The topological polar surface area (TPSA) is 80.4 Å². The maximum Gasteiger partial charge on any atom is 0.223 e. The van der Waals surface area contributed by atoms with Crippen LogP contribution in [0, 0.1) is 6.92 Å². The van der Waals surface area contributed by atoms with Crippen molar-refractivity contribution < 1.29 is 14.4 Å². The third-order valence-corrected chi connectivity index (χ3v) is 3.44. The molecule has 0 bridgehead atoms. The normalized spacial score (nSPS) is 12.5. The van der Waals surface area contributed by atoms with E-state index in [0.29, 0.717) is 12.4 Å². The van der Waals surface area contributed by atoms with Gasteiger partial charge in [0.25, 0.3) is 0 Å². The molecule has 0 aliphatic carbocycles. The molecule has 0 aliphatic rings. The second-order valence-electron chi connectivity index (χ2n) is 6.97. The molecule has 1 atom stereocenters. The maximum absolute atomic E-state index is 9.93. The Morgan fingerprint density at radius 3 is 2.44 bits per heavy atom. The van der Waals surface area contributed by atoms with Crippen LogP contribution in [0.4, 0.5) is 0 Å². The molecule has 1 aromatic heterocycles. The van der Waals surface area contributed by atoms with Crippen molar-refractivity contribution in [3.8, 4) is 5.75 Å². The van der Waals surface area contributed by atoms with Gasteiger partial charge in [-0.25, -0.2) is 0 Å². The molecule has 7 heteroatoms. The van der Waals surface area contributed by atoms with Crippen molar-refractivity contribution in [2.45, 2.75) is 52.2 Å². The Morgan fingerprint density at radius 2 is 1.88 bits per heavy atom. The van der Waals surface area contributed by atoms with Gasteiger partial charge in [-0.05, 0) is 44.9 Å². The lowest BCUT2D eigenvalue weighted by Crippen LogP contribution is -2.42. The molecule has 6 nitrogen and oxygen atoms in total. The van der Waals surface area contributed by atoms with Crippen molar-refractivity contribution >= 4 is 12.4 Å². The predicted octanol–water partition coefficient (Wildman–Crippen LogP) is 2.71. The zero-order chi connectivity index (χ0) is 17.6. The molecule has 0 amide bonds. The van der Waals surface area contributed by atoms with Crippen LogP contribution >= 0.6 is 12.4 Å². The van der Waals surface area contributed by atoms with Crippen molar-refractivity contribution in [1.29, 1.82) is 0 Å². The van der Waals surface area contributed by atoms with Gasteiger partial charge in [-0.1, -0.05) is 17.3 Å². The van der Waals surface area contributed by atoms with Crippen LogP contribution in [0.15, 0.2) is 28.8 Å². The lowest BCUT2D eigenvalue weighted by atomic mass is 10.1. The van der Waals surface area contributed by atoms with Gasteiger partial charge < -0.3 is 19.7 Å². The highest BCUT2D eigenvalue weighted by molar-refractivity contribution is 5.85. The van der Waals surface area contributed by atoms with E-state index in [2.05, 4.69) is 36.2 Å². The lowest BCUT2D eigenvalue weighted by Gasteiger charge is -2.23. The largest absolute Gasteiger partial charge is 0.491 e. The second-order valence-corrected chi connectivity index (χ2v) is 6.97. The van der Waals surface area contributed by atoms with Crippen LogP contribution in [0.1, 0.15) is 38.0 Å². The van der Waals surface area contributed by atoms with E-state index >= 15 is 0 Å². The molecule has 0 saturated carbocycles. The summed E-state index contributed by atoms with van der Waals surface area (Å²) in [5.41, 5.74) is 1.17. The molecule has 1 unspecified atom stereocenters. The zero-order valence-corrected chi connectivity index (χ0v) is 16.1. The summed E-state index contributed by atoms with van der Waals surface area (Å²) in [6.07, 6.45) is 1.05. The minimum atomic E-state index is -0.537. The predicted molar refractivity (Wildman–Crippen MR) is 99.4 cm³/mol. The van der Waals surface area contributed by atoms with Crippen LogP contribution in [0.2, 0.25) is 0 Å². The van der Waals surface area contributed by atoms with E-state index in [4.69, 9.17) is 9.26 Å². The zero-order valence-electron chi connectivity index (χ0n) is 15.3. The molecule has 0 radical (unpaired) electrons. The monoisotopic (exact) mass is 369 g/mol. The molecule has 0 fully saturated rings. The summed E-state index contributed by atoms with van der Waals surface area (Å²) in [7, 11) is 0. The SMILES string of the molecule is Cc1nc(CCc2ccc(OCC(O)CNC(C)(C)C)cc2)no1.Cl. The molecule has 2 N–H and O–H groups in total. The van der Waals surface area contributed by atoms with E-state index in [9.17, 15) is 5.11 Å². The Bertz CT molecular complexity index is 623. The average Bonchev–Trinajstić information content (AvgIpc) is 2.95. The highest BCUT2D eigenvalue weighted by atomic mass is 35.5. The lowest BCUT2D eigenvalue weighted by molar-refractivity contribution is 0.100. The number of rotatable bonds is 8. The van der Waals surface area contributed by atoms with Crippen LogP contribution in [0.25, 0.3) is 0 Å². The van der Waals surface area contributed by atoms with E-state index in [-0.39, 0.29) is 24.6 Å². The number of nitrogens with zero attached hydrogens (tertiary/aromatic N) is 2. The summed E-state index contributed by atoms with van der Waals surface area (Å²) in [4.78, 5) is 4.19. The summed E-state index contributed by atoms with van der Waals surface area (Å²) in [6, 6.07) is 7.87. The number of aliphatic hydroxyl groups is 1. The molecule has 140 valence electrons. The number of β-amino-alcohol motifs (C(OH)–C–C–N with tert-alkyl or cyclic N) is 1. The van der Waals surface area contributed by atoms with Crippen molar-refractivity contribution in [3.63, 3.8) is 0 Å². The Labute approximate surface area is 155 Å². The first kappa shape index (κ1) is 21.4. The van der Waals surface area contributed by atoms with Gasteiger partial charge in [0.05, 0.1) is 0 Å². The number of aliphatic hydroxyl groups excluding tert-OH is 1. The van der Waals surface area contributed by atoms with Crippen molar-refractivity contribution in [3.05, 3.63) is 41.5 Å². The van der Waals surface area contributed by atoms with Crippen LogP contribution in [0.3, 0.4) is 0 Å². The number of aryl methyl sites for hydroxylation is 3. The Kier molecular flexibility index (Phi) is 8.35. The van der Waals surface area contributed by atoms with Crippen LogP contribution in [-0.2, 0) is 12.8 Å². The van der Waals surface area contributed by atoms with Crippen LogP contribution < -0.4 is 10.1 Å². The molecule has 0 aliphatic heterocycles. The number of aromatic nitrogens is 2. The number of hydrogen-bond donors (Lipinski definition) is 2. The number of halogens is 1. The third-order valence-electron chi connectivity index (χ3n) is 3.44. The summed E-state index contributed by atoms with van der Waals surface area (Å²) in [5.74, 6) is 2.07. The number of ether oxygens (including phenoxy) is 1. The summed E-state index contributed by atoms with van der Waals surface area (Å²) < 4.78 is 10.6. The minimum Gasteiger partial charge on any atom is -0.491 e. The fraction of sp³-hybridized carbons (Fsp3) is 0.556. The molecule has 0 spiro atoms. The Balaban J connectivity index is 0.00000312. The van der Waals surface area contributed by atoms with Gasteiger partial charge in [0.15, 0.2) is 5.82 Å². The first-order chi connectivity index (χ1) is 11.3. The molecular formula is C18H28ClN3O3. The van der Waals surface area contributed by atoms with Gasteiger partial charge >= 0.3 is 0 Å². The first-order valence-electron chi connectivity index (χ1n) is 8.26. The van der Waals surface area contributed by atoms with Gasteiger partial charge in [-0.2, -0.15) is 4.98 Å². The molecule has 1 aromatic carbocycles. The molecule has 1 heterocycles. The summed E-state index contributed by atoms with van der Waals surface area (Å²) in [5, 5.41) is 17.1. The standard InChI is InChI=1S/C18H27N3O3.ClH/c1-13-20-17(21-24-13)10-7-14-5-8-16(9-6-14)23-12-15(22)11-19-18(2,3)4;/h5-6,8-9,15,19,22H,7,10-12H2,1-4H3;1H. The van der Waals surface area contributed by atoms with Gasteiger partial charge in [0.2, 0.25) is 5.89 Å². The van der Waals surface area contributed by atoms with Gasteiger partial charge in [-0.15, -0.1) is 12.4 Å². The average molecular weight is 370 g/mol. The maximum atomic E-state index is 9.93. The van der Waals surface area contributed by atoms with Crippen molar-refractivity contribution in [2.75, 3.05) is 13.2 Å². The van der Waals surface area contributed by atoms with Gasteiger partial charge in [-0.3, -0.25) is 0 Å². The molecule has 25 heavy (non-hydrogen) atoms. The third kappa shape index (κ3) is 8.34. The Morgan fingerprint density at radius 1 is 1.20 bits per heavy atom. The molecule has 2 rings (SSSR count).